The molecule has 1 rings (SSSR count). The fraction of sp³-hybridized carbons (Fsp3) is 0.625. The summed E-state index contributed by atoms with van der Waals surface area (Å²) in [5.74, 6) is 0.740. The highest BCUT2D eigenvalue weighted by Crippen LogP contribution is 2.16. The molecule has 0 amide bonds. The van der Waals surface area contributed by atoms with E-state index in [1.807, 2.05) is 0 Å². The number of aryl methyl sites for hydroxylation is 1. The van der Waals surface area contributed by atoms with E-state index >= 15 is 0 Å². The Hall–Kier alpha value is -0.820. The van der Waals surface area contributed by atoms with Crippen molar-refractivity contribution in [3.8, 4) is 0 Å². The van der Waals surface area contributed by atoms with E-state index in [4.69, 9.17) is 0 Å². The summed E-state index contributed by atoms with van der Waals surface area (Å²) in [7, 11) is 0. The van der Waals surface area contributed by atoms with Crippen LogP contribution in [0.3, 0.4) is 0 Å². The maximum Gasteiger partial charge on any atom is 0.00700 e. The lowest BCUT2D eigenvalue weighted by atomic mass is 9.90. The molecule has 0 aromatic heterocycles. The molecule has 1 aromatic rings. The van der Waals surface area contributed by atoms with Crippen molar-refractivity contribution in [1.82, 2.24) is 5.32 Å². The van der Waals surface area contributed by atoms with Gasteiger partial charge in [-0.25, -0.2) is 0 Å². The topological polar surface area (TPSA) is 12.0 Å². The van der Waals surface area contributed by atoms with E-state index in [1.165, 1.54) is 30.4 Å². The van der Waals surface area contributed by atoms with Crippen LogP contribution in [-0.4, -0.2) is 12.6 Å². The number of hydrogen-bond acceptors (Lipinski definition) is 1. The van der Waals surface area contributed by atoms with Gasteiger partial charge in [-0.15, -0.1) is 0 Å². The molecule has 0 bridgehead atoms. The van der Waals surface area contributed by atoms with Crippen molar-refractivity contribution in [2.24, 2.45) is 5.92 Å². The molecule has 0 fully saturated rings. The lowest BCUT2D eigenvalue weighted by Crippen LogP contribution is -2.34. The second kappa shape index (κ2) is 7.50. The molecule has 0 aliphatic rings. The summed E-state index contributed by atoms with van der Waals surface area (Å²) < 4.78 is 0. The molecule has 2 atom stereocenters. The van der Waals surface area contributed by atoms with E-state index in [0.29, 0.717) is 6.04 Å². The van der Waals surface area contributed by atoms with E-state index < -0.39 is 0 Å². The van der Waals surface area contributed by atoms with Crippen molar-refractivity contribution in [1.29, 1.82) is 0 Å². The first-order valence-electron chi connectivity index (χ1n) is 6.96. The van der Waals surface area contributed by atoms with Gasteiger partial charge in [0.1, 0.15) is 0 Å². The van der Waals surface area contributed by atoms with Crippen molar-refractivity contribution in [3.05, 3.63) is 35.4 Å². The fourth-order valence-electron chi connectivity index (χ4n) is 2.24. The minimum absolute atomic E-state index is 0.612. The molecule has 0 aliphatic heterocycles. The minimum atomic E-state index is 0.612. The van der Waals surface area contributed by atoms with Crippen LogP contribution in [0, 0.1) is 12.8 Å². The van der Waals surface area contributed by atoms with Crippen LogP contribution in [0.2, 0.25) is 0 Å². The van der Waals surface area contributed by atoms with Gasteiger partial charge in [0.05, 0.1) is 0 Å². The number of hydrogen-bond donors (Lipinski definition) is 1. The second-order valence-corrected chi connectivity index (χ2v) is 5.10. The summed E-state index contributed by atoms with van der Waals surface area (Å²) in [6.45, 7) is 10.1. The molecule has 1 heteroatoms. The predicted molar refractivity (Wildman–Crippen MR) is 76.4 cm³/mol. The number of nitrogens with one attached hydrogen (secondary N) is 1. The Morgan fingerprint density at radius 2 is 1.76 bits per heavy atom. The standard InChI is InChI=1S/C16H27N/c1-5-11-17-14(4)16(6-2)12-15-9-7-13(3)8-10-15/h7-10,14,16-17H,5-6,11-12H2,1-4H3. The van der Waals surface area contributed by atoms with Gasteiger partial charge in [0, 0.05) is 6.04 Å². The zero-order valence-corrected chi connectivity index (χ0v) is 11.8. The summed E-state index contributed by atoms with van der Waals surface area (Å²) in [6, 6.07) is 9.58. The van der Waals surface area contributed by atoms with Crippen LogP contribution in [0.15, 0.2) is 24.3 Å². The van der Waals surface area contributed by atoms with Gasteiger partial charge in [-0.1, -0.05) is 50.1 Å². The SMILES string of the molecule is CCCNC(C)C(CC)Cc1ccc(C)cc1. The van der Waals surface area contributed by atoms with Crippen molar-refractivity contribution < 1.29 is 0 Å². The zero-order chi connectivity index (χ0) is 12.7. The van der Waals surface area contributed by atoms with Crippen molar-refractivity contribution in [2.45, 2.75) is 53.0 Å². The van der Waals surface area contributed by atoms with Crippen LogP contribution in [0.1, 0.15) is 44.7 Å². The highest BCUT2D eigenvalue weighted by Gasteiger charge is 2.14. The molecular weight excluding hydrogens is 206 g/mol. The first-order valence-corrected chi connectivity index (χ1v) is 6.96. The Kier molecular flexibility index (Phi) is 6.28. The molecule has 0 heterocycles. The third kappa shape index (κ3) is 4.91. The quantitative estimate of drug-likeness (QED) is 0.752. The lowest BCUT2D eigenvalue weighted by Gasteiger charge is -2.24. The van der Waals surface area contributed by atoms with Crippen LogP contribution in [0.5, 0.6) is 0 Å². The van der Waals surface area contributed by atoms with Crippen LogP contribution < -0.4 is 5.32 Å². The smallest absolute Gasteiger partial charge is 0.00700 e. The largest absolute Gasteiger partial charge is 0.314 e. The molecule has 0 radical (unpaired) electrons. The summed E-state index contributed by atoms with van der Waals surface area (Å²) in [4.78, 5) is 0. The van der Waals surface area contributed by atoms with Crippen LogP contribution in [-0.2, 0) is 6.42 Å². The Morgan fingerprint density at radius 3 is 2.29 bits per heavy atom. The van der Waals surface area contributed by atoms with Gasteiger partial charge in [-0.2, -0.15) is 0 Å². The fourth-order valence-corrected chi connectivity index (χ4v) is 2.24. The summed E-state index contributed by atoms with van der Waals surface area (Å²) in [5.41, 5.74) is 2.81. The molecule has 96 valence electrons. The Labute approximate surface area is 107 Å². The molecule has 2 unspecified atom stereocenters. The number of benzene rings is 1. The van der Waals surface area contributed by atoms with Crippen LogP contribution in [0.4, 0.5) is 0 Å². The highest BCUT2D eigenvalue weighted by molar-refractivity contribution is 5.21. The van der Waals surface area contributed by atoms with Gasteiger partial charge >= 0.3 is 0 Å². The molecule has 1 aromatic carbocycles. The molecular formula is C16H27N. The van der Waals surface area contributed by atoms with Gasteiger partial charge in [-0.3, -0.25) is 0 Å². The van der Waals surface area contributed by atoms with E-state index in [2.05, 4.69) is 57.3 Å². The molecule has 1 nitrogen and oxygen atoms in total. The van der Waals surface area contributed by atoms with Crippen molar-refractivity contribution in [2.75, 3.05) is 6.54 Å². The molecule has 1 N–H and O–H groups in total. The normalized spacial score (nSPS) is 14.6. The Balaban J connectivity index is 2.53. The third-order valence-corrected chi connectivity index (χ3v) is 3.57. The van der Waals surface area contributed by atoms with Gasteiger partial charge in [0.2, 0.25) is 0 Å². The van der Waals surface area contributed by atoms with Crippen molar-refractivity contribution in [3.63, 3.8) is 0 Å². The average Bonchev–Trinajstić information content (AvgIpc) is 2.35. The van der Waals surface area contributed by atoms with E-state index in [0.717, 1.165) is 12.5 Å². The first kappa shape index (κ1) is 14.2. The maximum atomic E-state index is 3.61. The van der Waals surface area contributed by atoms with Crippen LogP contribution >= 0.6 is 0 Å². The molecule has 0 spiro atoms. The number of rotatable bonds is 7. The lowest BCUT2D eigenvalue weighted by molar-refractivity contribution is 0.362. The third-order valence-electron chi connectivity index (χ3n) is 3.57. The van der Waals surface area contributed by atoms with E-state index in [9.17, 15) is 0 Å². The van der Waals surface area contributed by atoms with E-state index in [1.54, 1.807) is 0 Å². The molecule has 17 heavy (non-hydrogen) atoms. The zero-order valence-electron chi connectivity index (χ0n) is 11.8. The maximum absolute atomic E-state index is 3.61. The van der Waals surface area contributed by atoms with Gasteiger partial charge < -0.3 is 5.32 Å². The van der Waals surface area contributed by atoms with Crippen LogP contribution in [0.25, 0.3) is 0 Å². The Morgan fingerprint density at radius 1 is 1.12 bits per heavy atom. The highest BCUT2D eigenvalue weighted by atomic mass is 14.9. The summed E-state index contributed by atoms with van der Waals surface area (Å²) in [5, 5.41) is 3.61. The minimum Gasteiger partial charge on any atom is -0.314 e. The Bertz CT molecular complexity index is 302. The molecule has 0 saturated heterocycles. The molecule has 0 aliphatic carbocycles. The summed E-state index contributed by atoms with van der Waals surface area (Å²) >= 11 is 0. The molecule has 0 saturated carbocycles. The monoisotopic (exact) mass is 233 g/mol. The van der Waals surface area contributed by atoms with Gasteiger partial charge in [-0.05, 0) is 44.7 Å². The average molecular weight is 233 g/mol. The second-order valence-electron chi connectivity index (χ2n) is 5.10. The predicted octanol–water partition coefficient (Wildman–Crippen LogP) is 3.95. The van der Waals surface area contributed by atoms with E-state index in [-0.39, 0.29) is 0 Å². The first-order chi connectivity index (χ1) is 8.17. The summed E-state index contributed by atoms with van der Waals surface area (Å²) in [6.07, 6.45) is 3.64. The van der Waals surface area contributed by atoms with Gasteiger partial charge in [0.25, 0.3) is 0 Å². The van der Waals surface area contributed by atoms with Gasteiger partial charge in [0.15, 0.2) is 0 Å². The van der Waals surface area contributed by atoms with Crippen molar-refractivity contribution >= 4 is 0 Å².